The molecule has 108 valence electrons. The van der Waals surface area contributed by atoms with Crippen LogP contribution in [0, 0.1) is 6.92 Å². The van der Waals surface area contributed by atoms with E-state index in [0.29, 0.717) is 17.9 Å². The van der Waals surface area contributed by atoms with Gasteiger partial charge in [-0.3, -0.25) is 9.82 Å². The summed E-state index contributed by atoms with van der Waals surface area (Å²) < 4.78 is 27.1. The van der Waals surface area contributed by atoms with Gasteiger partial charge in [0.1, 0.15) is 10.7 Å². The number of aromatic nitrogens is 2. The quantitative estimate of drug-likeness (QED) is 0.754. The lowest BCUT2D eigenvalue weighted by molar-refractivity contribution is 0.601. The Morgan fingerprint density at radius 3 is 2.80 bits per heavy atom. The van der Waals surface area contributed by atoms with Crippen LogP contribution in [0.5, 0.6) is 0 Å². The molecule has 0 aliphatic rings. The van der Waals surface area contributed by atoms with E-state index in [1.807, 2.05) is 6.92 Å². The predicted octanol–water partition coefficient (Wildman–Crippen LogP) is 2.32. The standard InChI is InChI=1S/C12H15ClN4O2S/c1-3-8-6-15-16-12(8)17-20(18,19)11-5-10(14)7(2)4-9(11)13/h4-6H,3,14H2,1-2H3,(H2,15,16,17). The first-order valence-corrected chi connectivity index (χ1v) is 7.82. The van der Waals surface area contributed by atoms with Crippen molar-refractivity contribution in [2.24, 2.45) is 0 Å². The molecule has 4 N–H and O–H groups in total. The lowest BCUT2D eigenvalue weighted by Crippen LogP contribution is -2.15. The number of nitrogens with one attached hydrogen (secondary N) is 2. The molecule has 2 aromatic rings. The van der Waals surface area contributed by atoms with Gasteiger partial charge in [-0.2, -0.15) is 5.10 Å². The van der Waals surface area contributed by atoms with Gasteiger partial charge in [-0.1, -0.05) is 18.5 Å². The van der Waals surface area contributed by atoms with Crippen LogP contribution >= 0.6 is 11.6 Å². The van der Waals surface area contributed by atoms with Crippen molar-refractivity contribution in [2.45, 2.75) is 25.2 Å². The molecular formula is C12H15ClN4O2S. The second-order valence-electron chi connectivity index (χ2n) is 4.37. The first kappa shape index (κ1) is 14.7. The van der Waals surface area contributed by atoms with Crippen LogP contribution in [0.25, 0.3) is 0 Å². The molecule has 0 amide bonds. The average Bonchev–Trinajstić information content (AvgIpc) is 2.80. The Kier molecular flexibility index (Phi) is 3.92. The van der Waals surface area contributed by atoms with Gasteiger partial charge < -0.3 is 5.73 Å². The topological polar surface area (TPSA) is 101 Å². The van der Waals surface area contributed by atoms with Crippen LogP contribution in [0.15, 0.2) is 23.2 Å². The van der Waals surface area contributed by atoms with Crippen molar-refractivity contribution < 1.29 is 8.42 Å². The van der Waals surface area contributed by atoms with Gasteiger partial charge in [-0.25, -0.2) is 8.42 Å². The number of benzene rings is 1. The Hall–Kier alpha value is -1.73. The second kappa shape index (κ2) is 5.34. The summed E-state index contributed by atoms with van der Waals surface area (Å²) in [6.45, 7) is 3.66. The molecule has 0 bridgehead atoms. The summed E-state index contributed by atoms with van der Waals surface area (Å²) in [5.74, 6) is 0.336. The third-order valence-corrected chi connectivity index (χ3v) is 4.76. The SMILES string of the molecule is CCc1cn[nH]c1NS(=O)(=O)c1cc(N)c(C)cc1Cl. The van der Waals surface area contributed by atoms with Crippen molar-refractivity contribution in [1.82, 2.24) is 10.2 Å². The highest BCUT2D eigenvalue weighted by Gasteiger charge is 2.21. The van der Waals surface area contributed by atoms with Gasteiger partial charge in [0.2, 0.25) is 0 Å². The number of hydrogen-bond donors (Lipinski definition) is 3. The van der Waals surface area contributed by atoms with Crippen molar-refractivity contribution in [1.29, 1.82) is 0 Å². The van der Waals surface area contributed by atoms with Crippen LogP contribution in [-0.4, -0.2) is 18.6 Å². The van der Waals surface area contributed by atoms with Crippen molar-refractivity contribution in [3.05, 3.63) is 34.5 Å². The number of aryl methyl sites for hydroxylation is 2. The van der Waals surface area contributed by atoms with E-state index in [2.05, 4.69) is 14.9 Å². The molecule has 1 aromatic carbocycles. The molecule has 8 heteroatoms. The van der Waals surface area contributed by atoms with Crippen LogP contribution in [0.2, 0.25) is 5.02 Å². The number of nitrogen functional groups attached to an aromatic ring is 1. The first-order chi connectivity index (χ1) is 9.35. The monoisotopic (exact) mass is 314 g/mol. The largest absolute Gasteiger partial charge is 0.398 e. The fourth-order valence-corrected chi connectivity index (χ4v) is 3.41. The van der Waals surface area contributed by atoms with Gasteiger partial charge in [0.05, 0.1) is 11.2 Å². The van der Waals surface area contributed by atoms with E-state index in [1.54, 1.807) is 13.1 Å². The minimum Gasteiger partial charge on any atom is -0.398 e. The number of halogens is 1. The molecule has 2 rings (SSSR count). The Labute approximate surface area is 122 Å². The molecule has 1 aromatic heterocycles. The number of nitrogens with zero attached hydrogens (tertiary/aromatic N) is 1. The highest BCUT2D eigenvalue weighted by Crippen LogP contribution is 2.28. The molecule has 20 heavy (non-hydrogen) atoms. The molecule has 0 atom stereocenters. The molecule has 0 radical (unpaired) electrons. The number of hydrogen-bond acceptors (Lipinski definition) is 4. The fourth-order valence-electron chi connectivity index (χ4n) is 1.73. The summed E-state index contributed by atoms with van der Waals surface area (Å²) in [6, 6.07) is 2.88. The van der Waals surface area contributed by atoms with E-state index < -0.39 is 10.0 Å². The summed E-state index contributed by atoms with van der Waals surface area (Å²) in [7, 11) is -3.82. The zero-order valence-corrected chi connectivity index (χ0v) is 12.6. The van der Waals surface area contributed by atoms with Gasteiger partial charge in [0, 0.05) is 11.3 Å². The lowest BCUT2D eigenvalue weighted by Gasteiger charge is -2.11. The Morgan fingerprint density at radius 1 is 1.45 bits per heavy atom. The maximum Gasteiger partial charge on any atom is 0.264 e. The third kappa shape index (κ3) is 2.73. The van der Waals surface area contributed by atoms with Crippen molar-refractivity contribution in [3.63, 3.8) is 0 Å². The van der Waals surface area contributed by atoms with Gasteiger partial charge in [0.25, 0.3) is 10.0 Å². The van der Waals surface area contributed by atoms with E-state index in [4.69, 9.17) is 17.3 Å². The first-order valence-electron chi connectivity index (χ1n) is 5.96. The Balaban J connectivity index is 2.43. The van der Waals surface area contributed by atoms with Crippen molar-refractivity contribution in [2.75, 3.05) is 10.5 Å². The number of H-pyrrole nitrogens is 1. The van der Waals surface area contributed by atoms with E-state index in [0.717, 1.165) is 11.1 Å². The molecule has 1 heterocycles. The number of aromatic amines is 1. The lowest BCUT2D eigenvalue weighted by atomic mass is 10.2. The molecule has 0 aliphatic carbocycles. The third-order valence-electron chi connectivity index (χ3n) is 2.95. The highest BCUT2D eigenvalue weighted by molar-refractivity contribution is 7.92. The van der Waals surface area contributed by atoms with Crippen molar-refractivity contribution in [3.8, 4) is 0 Å². The summed E-state index contributed by atoms with van der Waals surface area (Å²) in [4.78, 5) is -0.0566. The van der Waals surface area contributed by atoms with E-state index in [-0.39, 0.29) is 9.92 Å². The van der Waals surface area contributed by atoms with Gasteiger partial charge in [-0.15, -0.1) is 0 Å². The molecule has 0 fully saturated rings. The van der Waals surface area contributed by atoms with Gasteiger partial charge >= 0.3 is 0 Å². The number of rotatable bonds is 4. The van der Waals surface area contributed by atoms with Crippen LogP contribution < -0.4 is 10.5 Å². The minimum atomic E-state index is -3.82. The summed E-state index contributed by atoms with van der Waals surface area (Å²) in [5.41, 5.74) is 7.61. The molecular weight excluding hydrogens is 300 g/mol. The normalized spacial score (nSPS) is 11.6. The zero-order chi connectivity index (χ0) is 14.9. The van der Waals surface area contributed by atoms with Crippen LogP contribution in [0.4, 0.5) is 11.5 Å². The van der Waals surface area contributed by atoms with Crippen LogP contribution in [-0.2, 0) is 16.4 Å². The van der Waals surface area contributed by atoms with Crippen LogP contribution in [0.1, 0.15) is 18.1 Å². The van der Waals surface area contributed by atoms with E-state index in [1.165, 1.54) is 12.1 Å². The van der Waals surface area contributed by atoms with Gasteiger partial charge in [0.15, 0.2) is 0 Å². The maximum atomic E-state index is 12.4. The van der Waals surface area contributed by atoms with E-state index >= 15 is 0 Å². The van der Waals surface area contributed by atoms with E-state index in [9.17, 15) is 8.42 Å². The second-order valence-corrected chi connectivity index (χ2v) is 6.43. The molecule has 0 aliphatic heterocycles. The zero-order valence-electron chi connectivity index (χ0n) is 11.1. The minimum absolute atomic E-state index is 0.0566. The van der Waals surface area contributed by atoms with Gasteiger partial charge in [-0.05, 0) is 31.0 Å². The molecule has 0 spiro atoms. The molecule has 0 unspecified atom stereocenters. The fraction of sp³-hybridized carbons (Fsp3) is 0.250. The number of anilines is 2. The average molecular weight is 315 g/mol. The Morgan fingerprint density at radius 2 is 2.15 bits per heavy atom. The summed E-state index contributed by atoms with van der Waals surface area (Å²) in [6.07, 6.45) is 2.22. The van der Waals surface area contributed by atoms with Crippen LogP contribution in [0.3, 0.4) is 0 Å². The maximum absolute atomic E-state index is 12.4. The smallest absolute Gasteiger partial charge is 0.264 e. The summed E-state index contributed by atoms with van der Waals surface area (Å²) in [5, 5.41) is 6.56. The predicted molar refractivity (Wildman–Crippen MR) is 79.4 cm³/mol. The Bertz CT molecular complexity index is 740. The molecule has 6 nitrogen and oxygen atoms in total. The number of sulfonamides is 1. The van der Waals surface area contributed by atoms with Crippen molar-refractivity contribution >= 4 is 33.1 Å². The highest BCUT2D eigenvalue weighted by atomic mass is 35.5. The molecule has 0 saturated heterocycles. The number of nitrogens with two attached hydrogens (primary N) is 1. The molecule has 0 saturated carbocycles. The summed E-state index contributed by atoms with van der Waals surface area (Å²) >= 11 is 6.00.